The summed E-state index contributed by atoms with van der Waals surface area (Å²) < 4.78 is 46.2. The zero-order valence-corrected chi connectivity index (χ0v) is 32.8. The Bertz CT molecular complexity index is 2190. The van der Waals surface area contributed by atoms with Crippen LogP contribution >= 0.6 is 0 Å². The van der Waals surface area contributed by atoms with Gasteiger partial charge in [-0.25, -0.2) is 4.79 Å². The molecule has 10 nitrogen and oxygen atoms in total. The molecule has 0 bridgehead atoms. The Morgan fingerprint density at radius 2 is 0.983 bits per heavy atom. The van der Waals surface area contributed by atoms with Gasteiger partial charge in [0, 0.05) is 5.56 Å². The van der Waals surface area contributed by atoms with E-state index < -0.39 is 47.8 Å². The maximum Gasteiger partial charge on any atom is 0.339 e. The lowest BCUT2D eigenvalue weighted by Crippen LogP contribution is -2.58. The monoisotopic (exact) mass is 796 g/mol. The van der Waals surface area contributed by atoms with Crippen LogP contribution in [0.5, 0.6) is 17.2 Å². The van der Waals surface area contributed by atoms with Gasteiger partial charge < -0.3 is 43.4 Å². The average molecular weight is 797 g/mol. The standard InChI is InChI=1S/C49H48O10/c1-53-43-40(27-39(49(51)52)42(50)46(43)56-30-36-21-11-4-12-22-36)44-47(57-31-37-23-13-5-14-24-37)48(58-32-38-25-15-6-16-26-38)45(55-29-35-19-9-3-10-20-35)41(59-44)33-54-28-34-17-7-2-8-18-34/h2-27,41,44-45,47-48,50H,28-33H2,1H3,(H,51,52)/t41-,44+,45-,47+,48+/m1/s1. The Labute approximate surface area is 344 Å². The molecule has 1 aliphatic heterocycles. The van der Waals surface area contributed by atoms with E-state index in [0.717, 1.165) is 27.8 Å². The van der Waals surface area contributed by atoms with Gasteiger partial charge in [-0.05, 0) is 33.9 Å². The third-order valence-corrected chi connectivity index (χ3v) is 10.1. The normalized spacial score (nSPS) is 18.9. The van der Waals surface area contributed by atoms with E-state index in [2.05, 4.69) is 0 Å². The molecule has 1 aliphatic rings. The molecular formula is C49H48O10. The smallest absolute Gasteiger partial charge is 0.339 e. The van der Waals surface area contributed by atoms with E-state index in [0.29, 0.717) is 6.61 Å². The van der Waals surface area contributed by atoms with Crippen LogP contribution in [0.1, 0.15) is 49.8 Å². The van der Waals surface area contributed by atoms with Crippen molar-refractivity contribution in [3.8, 4) is 17.2 Å². The first-order valence-corrected chi connectivity index (χ1v) is 19.6. The van der Waals surface area contributed by atoms with Gasteiger partial charge in [0.1, 0.15) is 42.7 Å². The molecule has 0 saturated carbocycles. The summed E-state index contributed by atoms with van der Waals surface area (Å²) in [5.74, 6) is -1.98. The second-order valence-corrected chi connectivity index (χ2v) is 14.2. The van der Waals surface area contributed by atoms with Gasteiger partial charge in [0.05, 0.1) is 40.1 Å². The van der Waals surface area contributed by atoms with Crippen molar-refractivity contribution in [2.75, 3.05) is 13.7 Å². The van der Waals surface area contributed by atoms with Crippen molar-refractivity contribution in [2.24, 2.45) is 0 Å². The second-order valence-electron chi connectivity index (χ2n) is 14.2. The number of hydrogen-bond acceptors (Lipinski definition) is 9. The molecule has 2 N–H and O–H groups in total. The zero-order chi connectivity index (χ0) is 40.8. The number of phenols is 1. The van der Waals surface area contributed by atoms with Crippen LogP contribution in [0.2, 0.25) is 0 Å². The van der Waals surface area contributed by atoms with Gasteiger partial charge in [-0.15, -0.1) is 0 Å². The first kappa shape index (κ1) is 41.2. The molecule has 0 aromatic heterocycles. The van der Waals surface area contributed by atoms with Crippen molar-refractivity contribution >= 4 is 5.97 Å². The summed E-state index contributed by atoms with van der Waals surface area (Å²) in [6, 6.07) is 49.9. The summed E-state index contributed by atoms with van der Waals surface area (Å²) in [5, 5.41) is 21.9. The molecule has 0 unspecified atom stereocenters. The van der Waals surface area contributed by atoms with Crippen LogP contribution in [0.25, 0.3) is 0 Å². The van der Waals surface area contributed by atoms with Crippen molar-refractivity contribution in [1.29, 1.82) is 0 Å². The van der Waals surface area contributed by atoms with E-state index in [9.17, 15) is 15.0 Å². The molecule has 0 spiro atoms. The van der Waals surface area contributed by atoms with Gasteiger partial charge in [0.15, 0.2) is 11.5 Å². The largest absolute Gasteiger partial charge is 0.504 e. The quantitative estimate of drug-likeness (QED) is 0.0821. The first-order chi connectivity index (χ1) is 29.0. The number of carboxylic acid groups (broad SMARTS) is 1. The van der Waals surface area contributed by atoms with Crippen LogP contribution in [-0.2, 0) is 56.7 Å². The molecule has 6 aromatic rings. The van der Waals surface area contributed by atoms with Gasteiger partial charge >= 0.3 is 5.97 Å². The summed E-state index contributed by atoms with van der Waals surface area (Å²) >= 11 is 0. The number of aromatic hydroxyl groups is 1. The van der Waals surface area contributed by atoms with E-state index in [1.807, 2.05) is 152 Å². The molecule has 1 saturated heterocycles. The summed E-state index contributed by atoms with van der Waals surface area (Å²) in [6.45, 7) is 1.05. The van der Waals surface area contributed by atoms with Crippen LogP contribution in [0.3, 0.4) is 0 Å². The number of methoxy groups -OCH3 is 1. The Hall–Kier alpha value is -6.01. The minimum Gasteiger partial charge on any atom is -0.504 e. The van der Waals surface area contributed by atoms with Crippen molar-refractivity contribution in [2.45, 2.75) is 63.6 Å². The lowest BCUT2D eigenvalue weighted by molar-refractivity contribution is -0.275. The topological polar surface area (TPSA) is 122 Å². The number of rotatable bonds is 19. The molecule has 1 fully saturated rings. The van der Waals surface area contributed by atoms with Crippen LogP contribution < -0.4 is 9.47 Å². The molecule has 6 aromatic carbocycles. The molecule has 0 amide bonds. The minimum atomic E-state index is -1.36. The number of carbonyl (C=O) groups is 1. The van der Waals surface area contributed by atoms with Gasteiger partial charge in [0.2, 0.25) is 5.75 Å². The lowest BCUT2D eigenvalue weighted by Gasteiger charge is -2.46. The lowest BCUT2D eigenvalue weighted by atomic mass is 9.88. The maximum absolute atomic E-state index is 12.8. The van der Waals surface area contributed by atoms with Crippen LogP contribution in [-0.4, -0.2) is 54.3 Å². The van der Waals surface area contributed by atoms with E-state index in [1.54, 1.807) is 0 Å². The first-order valence-electron chi connectivity index (χ1n) is 19.6. The fourth-order valence-corrected chi connectivity index (χ4v) is 7.14. The van der Waals surface area contributed by atoms with Crippen molar-refractivity contribution in [1.82, 2.24) is 0 Å². The maximum atomic E-state index is 12.8. The average Bonchev–Trinajstić information content (AvgIpc) is 3.28. The fraction of sp³-hybridized carbons (Fsp3) is 0.245. The Morgan fingerprint density at radius 3 is 1.44 bits per heavy atom. The highest BCUT2D eigenvalue weighted by Gasteiger charge is 2.50. The van der Waals surface area contributed by atoms with E-state index >= 15 is 0 Å². The van der Waals surface area contributed by atoms with E-state index in [4.69, 9.17) is 33.2 Å². The molecule has 10 heteroatoms. The summed E-state index contributed by atoms with van der Waals surface area (Å²) in [7, 11) is 1.44. The zero-order valence-electron chi connectivity index (χ0n) is 32.8. The van der Waals surface area contributed by atoms with Crippen molar-refractivity contribution in [3.05, 3.63) is 197 Å². The van der Waals surface area contributed by atoms with Crippen molar-refractivity contribution < 1.29 is 48.2 Å². The van der Waals surface area contributed by atoms with Crippen LogP contribution in [0.15, 0.2) is 158 Å². The molecule has 7 rings (SSSR count). The highest BCUT2D eigenvalue weighted by Crippen LogP contribution is 2.49. The third kappa shape index (κ3) is 10.7. The third-order valence-electron chi connectivity index (χ3n) is 10.1. The molecule has 0 aliphatic carbocycles. The van der Waals surface area contributed by atoms with Gasteiger partial charge in [-0.2, -0.15) is 0 Å². The second kappa shape index (κ2) is 20.6. The molecule has 5 atom stereocenters. The summed E-state index contributed by atoms with van der Waals surface area (Å²) in [5.41, 5.74) is 4.46. The molecular weight excluding hydrogens is 749 g/mol. The predicted octanol–water partition coefficient (Wildman–Crippen LogP) is 9.09. The SMILES string of the molecule is COc1c([C@@H]2O[C@H](COCc3ccccc3)[C@@H](OCc3ccccc3)[C@H](OCc3ccccc3)[C@H]2OCc2ccccc2)cc(C(=O)O)c(O)c1OCc1ccccc1. The van der Waals surface area contributed by atoms with E-state index in [-0.39, 0.29) is 50.1 Å². The Balaban J connectivity index is 1.34. The van der Waals surface area contributed by atoms with Gasteiger partial charge in [-0.3, -0.25) is 0 Å². The Kier molecular flexibility index (Phi) is 14.4. The number of carboxylic acids is 1. The highest BCUT2D eigenvalue weighted by atomic mass is 16.6. The molecule has 0 radical (unpaired) electrons. The van der Waals surface area contributed by atoms with Crippen LogP contribution in [0.4, 0.5) is 0 Å². The predicted molar refractivity (Wildman–Crippen MR) is 221 cm³/mol. The highest BCUT2D eigenvalue weighted by molar-refractivity contribution is 5.93. The van der Waals surface area contributed by atoms with E-state index in [1.165, 1.54) is 13.2 Å². The summed E-state index contributed by atoms with van der Waals surface area (Å²) in [6.07, 6.45) is -4.23. The number of benzene rings is 6. The number of ether oxygens (including phenoxy) is 7. The molecule has 304 valence electrons. The van der Waals surface area contributed by atoms with Crippen LogP contribution in [0, 0.1) is 0 Å². The summed E-state index contributed by atoms with van der Waals surface area (Å²) in [4.78, 5) is 12.8. The minimum absolute atomic E-state index is 0.0287. The molecule has 59 heavy (non-hydrogen) atoms. The van der Waals surface area contributed by atoms with Gasteiger partial charge in [0.25, 0.3) is 0 Å². The number of aromatic carboxylic acids is 1. The number of hydrogen-bond donors (Lipinski definition) is 2. The fourth-order valence-electron chi connectivity index (χ4n) is 7.14. The van der Waals surface area contributed by atoms with Crippen molar-refractivity contribution in [3.63, 3.8) is 0 Å². The Morgan fingerprint density at radius 1 is 0.559 bits per heavy atom. The van der Waals surface area contributed by atoms with Gasteiger partial charge in [-0.1, -0.05) is 152 Å². The molecule has 1 heterocycles.